The van der Waals surface area contributed by atoms with E-state index in [9.17, 15) is 0 Å². The van der Waals surface area contributed by atoms with Crippen LogP contribution in [-0.4, -0.2) is 20.1 Å². The van der Waals surface area contributed by atoms with E-state index in [1.54, 1.807) is 30.9 Å². The highest BCUT2D eigenvalue weighted by atomic mass is 32.2. The summed E-state index contributed by atoms with van der Waals surface area (Å²) < 4.78 is 0. The van der Waals surface area contributed by atoms with E-state index >= 15 is 0 Å². The molecule has 0 saturated heterocycles. The van der Waals surface area contributed by atoms with Gasteiger partial charge in [0.15, 0.2) is 5.82 Å². The minimum Gasteiger partial charge on any atom is -0.264 e. The molecule has 0 atom stereocenters. The summed E-state index contributed by atoms with van der Waals surface area (Å²) in [5.41, 5.74) is 3.11. The number of isothiocyanates is 1. The first kappa shape index (κ1) is 16.0. The van der Waals surface area contributed by atoms with E-state index in [2.05, 4.69) is 30.5 Å². The van der Waals surface area contributed by atoms with Crippen molar-refractivity contribution < 1.29 is 0 Å². The highest BCUT2D eigenvalue weighted by Crippen LogP contribution is 2.40. The number of hydrogen-bond acceptors (Lipinski definition) is 7. The smallest absolute Gasteiger partial charge is 0.173 e. The molecular formula is C17H9N5S2. The quantitative estimate of drug-likeness (QED) is 0.299. The number of nitrogens with zero attached hydrogens (tertiary/aromatic N) is 5. The van der Waals surface area contributed by atoms with Crippen molar-refractivity contribution in [2.24, 2.45) is 4.99 Å². The van der Waals surface area contributed by atoms with Crippen LogP contribution in [0.2, 0.25) is 0 Å². The van der Waals surface area contributed by atoms with Gasteiger partial charge in [0, 0.05) is 40.8 Å². The third kappa shape index (κ3) is 3.21. The first-order valence-electron chi connectivity index (χ1n) is 6.83. The second kappa shape index (κ2) is 7.57. The van der Waals surface area contributed by atoms with Crippen molar-refractivity contribution in [3.05, 3.63) is 55.1 Å². The van der Waals surface area contributed by atoms with Crippen LogP contribution < -0.4 is 0 Å². The molecule has 24 heavy (non-hydrogen) atoms. The lowest BCUT2D eigenvalue weighted by Gasteiger charge is -2.12. The second-order valence-electron chi connectivity index (χ2n) is 4.55. The Bertz CT molecular complexity index is 960. The van der Waals surface area contributed by atoms with Crippen LogP contribution in [-0.2, 0) is 0 Å². The summed E-state index contributed by atoms with van der Waals surface area (Å²) in [6.45, 7) is 0. The molecular weight excluding hydrogens is 338 g/mol. The van der Waals surface area contributed by atoms with Crippen molar-refractivity contribution in [1.82, 2.24) is 15.0 Å². The van der Waals surface area contributed by atoms with Crippen LogP contribution >= 0.6 is 24.0 Å². The molecule has 3 aromatic heterocycles. The molecule has 0 aliphatic heterocycles. The van der Waals surface area contributed by atoms with E-state index in [1.165, 1.54) is 0 Å². The van der Waals surface area contributed by atoms with Crippen LogP contribution in [0.3, 0.4) is 0 Å². The number of aliphatic imine (C=N–C) groups is 1. The Balaban J connectivity index is 2.31. The molecule has 0 unspecified atom stereocenters. The molecule has 3 aromatic rings. The molecule has 0 aliphatic carbocycles. The lowest BCUT2D eigenvalue weighted by Crippen LogP contribution is -1.93. The predicted octanol–water partition coefficient (Wildman–Crippen LogP) is 4.51. The maximum atomic E-state index is 9.09. The van der Waals surface area contributed by atoms with Crippen LogP contribution in [0.25, 0.3) is 22.4 Å². The number of pyridine rings is 3. The van der Waals surface area contributed by atoms with Gasteiger partial charge in [-0.25, -0.2) is 4.98 Å². The second-order valence-corrected chi connectivity index (χ2v) is 5.55. The molecule has 3 heterocycles. The predicted molar refractivity (Wildman–Crippen MR) is 96.9 cm³/mol. The van der Waals surface area contributed by atoms with E-state index in [1.807, 2.05) is 24.3 Å². The van der Waals surface area contributed by atoms with E-state index in [4.69, 9.17) is 17.5 Å². The largest absolute Gasteiger partial charge is 0.264 e. The topological polar surface area (TPSA) is 74.8 Å². The molecule has 0 bridgehead atoms. The molecule has 0 aliphatic rings. The fraction of sp³-hybridized carbons (Fsp3) is 0. The van der Waals surface area contributed by atoms with E-state index < -0.39 is 0 Å². The molecule has 0 saturated carbocycles. The van der Waals surface area contributed by atoms with Crippen LogP contribution in [0, 0.1) is 10.7 Å². The SMILES string of the molecule is N#CSc1ccnc(N=C=S)c1-c1ncccc1-c1cccnc1. The van der Waals surface area contributed by atoms with Crippen LogP contribution in [0.15, 0.2) is 65.0 Å². The lowest BCUT2D eigenvalue weighted by molar-refractivity contribution is 1.20. The van der Waals surface area contributed by atoms with Gasteiger partial charge in [-0.3, -0.25) is 9.97 Å². The number of thiocarbonyl (C=S) groups is 1. The first-order chi connectivity index (χ1) is 11.8. The van der Waals surface area contributed by atoms with Gasteiger partial charge in [0.05, 0.1) is 16.4 Å². The third-order valence-corrected chi connectivity index (χ3v) is 3.96. The molecule has 0 amide bonds. The van der Waals surface area contributed by atoms with E-state index in [-0.39, 0.29) is 0 Å². The van der Waals surface area contributed by atoms with Crippen LogP contribution in [0.5, 0.6) is 0 Å². The normalized spacial score (nSPS) is 9.79. The Hall–Kier alpha value is -2.91. The van der Waals surface area contributed by atoms with Gasteiger partial charge in [0.25, 0.3) is 0 Å². The van der Waals surface area contributed by atoms with Gasteiger partial charge in [-0.1, -0.05) is 12.1 Å². The zero-order valence-electron chi connectivity index (χ0n) is 12.2. The number of thioether (sulfide) groups is 1. The summed E-state index contributed by atoms with van der Waals surface area (Å²) in [6, 6.07) is 9.35. The molecule has 0 fully saturated rings. The fourth-order valence-corrected chi connectivity index (χ4v) is 2.88. The molecule has 7 heteroatoms. The van der Waals surface area contributed by atoms with Crippen molar-refractivity contribution in [2.45, 2.75) is 4.90 Å². The summed E-state index contributed by atoms with van der Waals surface area (Å²) in [5, 5.41) is 13.5. The Morgan fingerprint density at radius 2 is 1.96 bits per heavy atom. The fourth-order valence-electron chi connectivity index (χ4n) is 2.28. The Kier molecular flexibility index (Phi) is 5.04. The van der Waals surface area contributed by atoms with Crippen molar-refractivity contribution in [3.8, 4) is 27.8 Å². The average Bonchev–Trinajstić information content (AvgIpc) is 2.63. The Morgan fingerprint density at radius 1 is 1.08 bits per heavy atom. The number of aromatic nitrogens is 3. The van der Waals surface area contributed by atoms with Gasteiger partial charge >= 0.3 is 0 Å². The third-order valence-electron chi connectivity index (χ3n) is 3.22. The molecule has 0 radical (unpaired) electrons. The van der Waals surface area contributed by atoms with Gasteiger partial charge in [0.1, 0.15) is 5.40 Å². The molecule has 0 N–H and O–H groups in total. The zero-order valence-corrected chi connectivity index (χ0v) is 13.9. The van der Waals surface area contributed by atoms with Gasteiger partial charge in [-0.2, -0.15) is 10.3 Å². The van der Waals surface area contributed by atoms with Gasteiger partial charge < -0.3 is 0 Å². The van der Waals surface area contributed by atoms with Crippen molar-refractivity contribution >= 4 is 35.0 Å². The molecule has 114 valence electrons. The maximum Gasteiger partial charge on any atom is 0.173 e. The number of thiocyanates is 1. The minimum absolute atomic E-state index is 0.383. The van der Waals surface area contributed by atoms with E-state index in [0.717, 1.165) is 22.9 Å². The van der Waals surface area contributed by atoms with Crippen LogP contribution in [0.4, 0.5) is 5.82 Å². The summed E-state index contributed by atoms with van der Waals surface area (Å²) in [6.07, 6.45) is 6.74. The van der Waals surface area contributed by atoms with E-state index in [0.29, 0.717) is 22.0 Å². The Morgan fingerprint density at radius 3 is 2.71 bits per heavy atom. The summed E-state index contributed by atoms with van der Waals surface area (Å²) in [4.78, 5) is 17.7. The number of rotatable bonds is 4. The number of hydrogen-bond donors (Lipinski definition) is 0. The monoisotopic (exact) mass is 347 g/mol. The zero-order chi connectivity index (χ0) is 16.8. The summed E-state index contributed by atoms with van der Waals surface area (Å²) in [5.74, 6) is 0.383. The maximum absolute atomic E-state index is 9.09. The van der Waals surface area contributed by atoms with Crippen molar-refractivity contribution in [1.29, 1.82) is 5.26 Å². The van der Waals surface area contributed by atoms with Crippen LogP contribution in [0.1, 0.15) is 0 Å². The molecule has 3 rings (SSSR count). The molecule has 0 spiro atoms. The molecule has 0 aromatic carbocycles. The summed E-state index contributed by atoms with van der Waals surface area (Å²) >= 11 is 5.75. The van der Waals surface area contributed by atoms with Gasteiger partial charge in [-0.05, 0) is 42.2 Å². The highest BCUT2D eigenvalue weighted by Gasteiger charge is 2.18. The van der Waals surface area contributed by atoms with Crippen molar-refractivity contribution in [3.63, 3.8) is 0 Å². The van der Waals surface area contributed by atoms with Crippen molar-refractivity contribution in [2.75, 3.05) is 0 Å². The minimum atomic E-state index is 0.383. The van der Waals surface area contributed by atoms with Gasteiger partial charge in [0.2, 0.25) is 0 Å². The molecule has 5 nitrogen and oxygen atoms in total. The van der Waals surface area contributed by atoms with Gasteiger partial charge in [-0.15, -0.1) is 0 Å². The summed E-state index contributed by atoms with van der Waals surface area (Å²) in [7, 11) is 0. The average molecular weight is 347 g/mol. The first-order valence-corrected chi connectivity index (χ1v) is 8.06. The standard InChI is InChI=1S/C17H9N5S2/c18-10-24-14-5-8-21-17(22-11-23)15(14)16-13(4-2-7-20-16)12-3-1-6-19-9-12/h1-9H. The Labute approximate surface area is 148 Å². The lowest BCUT2D eigenvalue weighted by atomic mass is 10.0. The highest BCUT2D eigenvalue weighted by molar-refractivity contribution is 8.03. The number of nitriles is 1.